The molecule has 0 bridgehead atoms. The van der Waals surface area contributed by atoms with Crippen molar-refractivity contribution in [3.63, 3.8) is 0 Å². The second-order valence-electron chi connectivity index (χ2n) is 6.91. The first-order valence-electron chi connectivity index (χ1n) is 8.99. The van der Waals surface area contributed by atoms with Crippen LogP contribution in [0, 0.1) is 13.8 Å². The van der Waals surface area contributed by atoms with Crippen LogP contribution in [-0.4, -0.2) is 52.4 Å². The maximum atomic E-state index is 12.7. The lowest BCUT2D eigenvalue weighted by molar-refractivity contribution is -0.139. The number of rotatable bonds is 6. The van der Waals surface area contributed by atoms with Gasteiger partial charge in [-0.25, -0.2) is 0 Å². The van der Waals surface area contributed by atoms with Crippen LogP contribution in [0.25, 0.3) is 0 Å². The molecule has 0 saturated carbocycles. The lowest BCUT2D eigenvalue weighted by Crippen LogP contribution is -2.56. The summed E-state index contributed by atoms with van der Waals surface area (Å²) in [4.78, 5) is 26.2. The number of nitrogens with one attached hydrogen (secondary N) is 1. The van der Waals surface area contributed by atoms with Gasteiger partial charge >= 0.3 is 7.12 Å². The standard InChI is InChI=1S/C19H27BN2O4/c1-4-18(23)22-10-6-5-7-16(22)19(24)21-17(20(25)26)12-15-9-8-13(2)11-14(15)3/h4,8-9,11,16-17,25-26H,1,5-7,10,12H2,2-3H3,(H,21,24)/t16-,17-/m0/s1. The third-order valence-electron chi connectivity index (χ3n) is 4.89. The molecule has 2 amide bonds. The lowest BCUT2D eigenvalue weighted by atomic mass is 9.75. The molecular weight excluding hydrogens is 331 g/mol. The topological polar surface area (TPSA) is 89.9 Å². The van der Waals surface area contributed by atoms with Crippen molar-refractivity contribution in [1.29, 1.82) is 0 Å². The van der Waals surface area contributed by atoms with Crippen molar-refractivity contribution in [2.45, 2.75) is 51.5 Å². The van der Waals surface area contributed by atoms with E-state index >= 15 is 0 Å². The van der Waals surface area contributed by atoms with Gasteiger partial charge in [-0.3, -0.25) is 9.59 Å². The summed E-state index contributed by atoms with van der Waals surface area (Å²) in [5.41, 5.74) is 3.10. The van der Waals surface area contributed by atoms with Gasteiger partial charge in [0.1, 0.15) is 6.04 Å². The van der Waals surface area contributed by atoms with E-state index < -0.39 is 19.1 Å². The van der Waals surface area contributed by atoms with Gasteiger partial charge < -0.3 is 20.3 Å². The molecule has 0 aliphatic carbocycles. The Balaban J connectivity index is 2.11. The summed E-state index contributed by atoms with van der Waals surface area (Å²) in [5, 5.41) is 22.2. The van der Waals surface area contributed by atoms with Gasteiger partial charge in [0, 0.05) is 6.54 Å². The number of likely N-dealkylation sites (tertiary alicyclic amines) is 1. The number of hydrogen-bond donors (Lipinski definition) is 3. The molecule has 0 unspecified atom stereocenters. The predicted molar refractivity (Wildman–Crippen MR) is 101 cm³/mol. The van der Waals surface area contributed by atoms with Crippen molar-refractivity contribution in [2.24, 2.45) is 0 Å². The van der Waals surface area contributed by atoms with Crippen molar-refractivity contribution in [1.82, 2.24) is 10.2 Å². The Morgan fingerprint density at radius 2 is 2.12 bits per heavy atom. The molecule has 1 heterocycles. The van der Waals surface area contributed by atoms with E-state index in [4.69, 9.17) is 0 Å². The van der Waals surface area contributed by atoms with E-state index in [0.29, 0.717) is 19.4 Å². The van der Waals surface area contributed by atoms with Gasteiger partial charge in [-0.2, -0.15) is 0 Å². The number of carbonyl (C=O) groups excluding carboxylic acids is 2. The molecule has 1 aromatic rings. The van der Waals surface area contributed by atoms with Gasteiger partial charge in [-0.05, 0) is 56.7 Å². The Labute approximate surface area is 155 Å². The molecule has 6 nitrogen and oxygen atoms in total. The van der Waals surface area contributed by atoms with Crippen molar-refractivity contribution in [3.8, 4) is 0 Å². The SMILES string of the molecule is C=CC(=O)N1CCCC[C@H]1C(=O)N[C@@H](Cc1ccc(C)cc1C)B(O)O. The third-order valence-corrected chi connectivity index (χ3v) is 4.89. The summed E-state index contributed by atoms with van der Waals surface area (Å²) >= 11 is 0. The molecule has 2 atom stereocenters. The van der Waals surface area contributed by atoms with Gasteiger partial charge in [0.2, 0.25) is 11.8 Å². The van der Waals surface area contributed by atoms with Crippen LogP contribution in [0.1, 0.15) is 36.0 Å². The lowest BCUT2D eigenvalue weighted by Gasteiger charge is -2.35. The smallest absolute Gasteiger partial charge is 0.426 e. The highest BCUT2D eigenvalue weighted by molar-refractivity contribution is 6.43. The minimum absolute atomic E-state index is 0.277. The summed E-state index contributed by atoms with van der Waals surface area (Å²) < 4.78 is 0. The Kier molecular flexibility index (Phi) is 7.00. The number of nitrogens with zero attached hydrogens (tertiary/aromatic N) is 1. The quantitative estimate of drug-likeness (QED) is 0.521. The van der Waals surface area contributed by atoms with Crippen LogP contribution in [-0.2, 0) is 16.0 Å². The van der Waals surface area contributed by atoms with E-state index in [1.165, 1.54) is 11.0 Å². The van der Waals surface area contributed by atoms with E-state index in [1.807, 2.05) is 32.0 Å². The van der Waals surface area contributed by atoms with E-state index in [9.17, 15) is 19.6 Å². The predicted octanol–water partition coefficient (Wildman–Crippen LogP) is 0.910. The molecule has 1 aliphatic heterocycles. The molecule has 1 aliphatic rings. The highest BCUT2D eigenvalue weighted by Crippen LogP contribution is 2.19. The summed E-state index contributed by atoms with van der Waals surface area (Å²) in [7, 11) is -1.69. The maximum absolute atomic E-state index is 12.7. The second-order valence-corrected chi connectivity index (χ2v) is 6.91. The van der Waals surface area contributed by atoms with Crippen LogP contribution in [0.3, 0.4) is 0 Å². The van der Waals surface area contributed by atoms with E-state index in [1.54, 1.807) is 0 Å². The molecule has 0 radical (unpaired) electrons. The Bertz CT molecular complexity index is 678. The van der Waals surface area contributed by atoms with Crippen molar-refractivity contribution in [3.05, 3.63) is 47.5 Å². The summed E-state index contributed by atoms with van der Waals surface area (Å²) in [6.45, 7) is 7.94. The average molecular weight is 358 g/mol. The fourth-order valence-corrected chi connectivity index (χ4v) is 3.41. The summed E-state index contributed by atoms with van der Waals surface area (Å²) in [6.07, 6.45) is 3.76. The second kappa shape index (κ2) is 9.01. The average Bonchev–Trinajstić information content (AvgIpc) is 2.62. The first-order chi connectivity index (χ1) is 12.3. The van der Waals surface area contributed by atoms with E-state index in [0.717, 1.165) is 29.5 Å². The fourth-order valence-electron chi connectivity index (χ4n) is 3.41. The summed E-state index contributed by atoms with van der Waals surface area (Å²) in [5.74, 6) is -1.48. The molecule has 140 valence electrons. The van der Waals surface area contributed by atoms with Crippen LogP contribution >= 0.6 is 0 Å². The normalized spacial score (nSPS) is 18.2. The molecule has 2 rings (SSSR count). The van der Waals surface area contributed by atoms with Crippen LogP contribution in [0.2, 0.25) is 0 Å². The van der Waals surface area contributed by atoms with Crippen molar-refractivity contribution in [2.75, 3.05) is 6.54 Å². The zero-order valence-corrected chi connectivity index (χ0v) is 15.4. The molecule has 0 spiro atoms. The molecule has 1 aromatic carbocycles. The number of hydrogen-bond acceptors (Lipinski definition) is 4. The van der Waals surface area contributed by atoms with E-state index in [2.05, 4.69) is 11.9 Å². The third kappa shape index (κ3) is 4.96. The van der Waals surface area contributed by atoms with E-state index in [-0.39, 0.29) is 11.8 Å². The maximum Gasteiger partial charge on any atom is 0.475 e. The number of benzene rings is 1. The number of carbonyl (C=O) groups is 2. The number of piperidine rings is 1. The Morgan fingerprint density at radius 3 is 2.73 bits per heavy atom. The zero-order chi connectivity index (χ0) is 19.3. The first kappa shape index (κ1) is 20.2. The molecule has 26 heavy (non-hydrogen) atoms. The minimum atomic E-state index is -1.69. The largest absolute Gasteiger partial charge is 0.475 e. The van der Waals surface area contributed by atoms with Gasteiger partial charge in [0.05, 0.1) is 5.94 Å². The number of aryl methyl sites for hydroxylation is 2. The molecule has 1 fully saturated rings. The molecule has 0 aromatic heterocycles. The summed E-state index contributed by atoms with van der Waals surface area (Å²) in [6, 6.07) is 5.30. The Morgan fingerprint density at radius 1 is 1.38 bits per heavy atom. The first-order valence-corrected chi connectivity index (χ1v) is 8.99. The highest BCUT2D eigenvalue weighted by Gasteiger charge is 2.34. The van der Waals surface area contributed by atoms with Crippen LogP contribution in [0.5, 0.6) is 0 Å². The van der Waals surface area contributed by atoms with Gasteiger partial charge in [-0.1, -0.05) is 30.3 Å². The van der Waals surface area contributed by atoms with Gasteiger partial charge in [0.25, 0.3) is 0 Å². The minimum Gasteiger partial charge on any atom is -0.426 e. The highest BCUT2D eigenvalue weighted by atomic mass is 16.4. The Hall–Kier alpha value is -2.12. The van der Waals surface area contributed by atoms with Crippen LogP contribution in [0.15, 0.2) is 30.9 Å². The van der Waals surface area contributed by atoms with Crippen molar-refractivity contribution < 1.29 is 19.6 Å². The van der Waals surface area contributed by atoms with Gasteiger partial charge in [0.15, 0.2) is 0 Å². The molecular formula is C19H27BN2O4. The fraction of sp³-hybridized carbons (Fsp3) is 0.474. The van der Waals surface area contributed by atoms with Crippen molar-refractivity contribution >= 4 is 18.9 Å². The van der Waals surface area contributed by atoms with Crippen LogP contribution < -0.4 is 5.32 Å². The molecule has 3 N–H and O–H groups in total. The number of amides is 2. The molecule has 7 heteroatoms. The zero-order valence-electron chi connectivity index (χ0n) is 15.4. The van der Waals surface area contributed by atoms with Gasteiger partial charge in [-0.15, -0.1) is 0 Å². The molecule has 1 saturated heterocycles. The van der Waals surface area contributed by atoms with Crippen LogP contribution in [0.4, 0.5) is 0 Å². The monoisotopic (exact) mass is 358 g/mol.